The van der Waals surface area contributed by atoms with Crippen molar-refractivity contribution in [2.45, 2.75) is 58.2 Å². The van der Waals surface area contributed by atoms with E-state index in [1.165, 1.54) is 5.56 Å². The van der Waals surface area contributed by atoms with E-state index in [2.05, 4.69) is 38.2 Å². The van der Waals surface area contributed by atoms with Gasteiger partial charge in [0.15, 0.2) is 0 Å². The summed E-state index contributed by atoms with van der Waals surface area (Å²) in [5.41, 5.74) is 7.78. The molecule has 1 aromatic rings. The Balaban J connectivity index is 1.79. The minimum absolute atomic E-state index is 0.0509. The summed E-state index contributed by atoms with van der Waals surface area (Å²) in [6.45, 7) is 8.97. The van der Waals surface area contributed by atoms with Gasteiger partial charge in [-0.3, -0.25) is 4.79 Å². The van der Waals surface area contributed by atoms with Crippen molar-refractivity contribution in [3.05, 3.63) is 35.4 Å². The van der Waals surface area contributed by atoms with Gasteiger partial charge in [0.05, 0.1) is 12.1 Å². The molecule has 1 amide bonds. The van der Waals surface area contributed by atoms with Crippen LogP contribution in [0.3, 0.4) is 0 Å². The Bertz CT molecular complexity index is 613. The molecule has 23 heavy (non-hydrogen) atoms. The van der Waals surface area contributed by atoms with Crippen LogP contribution in [0.2, 0.25) is 0 Å². The SMILES string of the molecule is Cc1ccccc1C(C)NC(=O)C1(N)C2CCCOC2C1(C)C. The molecule has 0 spiro atoms. The van der Waals surface area contributed by atoms with Gasteiger partial charge in [0.2, 0.25) is 5.91 Å². The van der Waals surface area contributed by atoms with Gasteiger partial charge in [0.25, 0.3) is 0 Å². The Hall–Kier alpha value is -1.39. The van der Waals surface area contributed by atoms with Crippen LogP contribution in [-0.2, 0) is 9.53 Å². The second-order valence-corrected chi connectivity index (χ2v) is 7.68. The average molecular weight is 316 g/mol. The third-order valence-corrected chi connectivity index (χ3v) is 6.06. The Labute approximate surface area is 138 Å². The minimum Gasteiger partial charge on any atom is -0.377 e. The van der Waals surface area contributed by atoms with Crippen molar-refractivity contribution in [2.24, 2.45) is 17.1 Å². The molecule has 1 aliphatic heterocycles. The fraction of sp³-hybridized carbons (Fsp3) is 0.632. The molecule has 1 saturated heterocycles. The van der Waals surface area contributed by atoms with E-state index in [9.17, 15) is 4.79 Å². The van der Waals surface area contributed by atoms with Gasteiger partial charge in [-0.15, -0.1) is 0 Å². The smallest absolute Gasteiger partial charge is 0.241 e. The van der Waals surface area contributed by atoms with Crippen molar-refractivity contribution in [3.63, 3.8) is 0 Å². The molecule has 4 heteroatoms. The summed E-state index contributed by atoms with van der Waals surface area (Å²) >= 11 is 0. The van der Waals surface area contributed by atoms with Crippen LogP contribution in [0.4, 0.5) is 0 Å². The Kier molecular flexibility index (Phi) is 4.01. The fourth-order valence-electron chi connectivity index (χ4n) is 4.50. The monoisotopic (exact) mass is 316 g/mol. The van der Waals surface area contributed by atoms with E-state index in [0.29, 0.717) is 0 Å². The number of carbonyl (C=O) groups excluding carboxylic acids is 1. The standard InChI is InChI=1S/C19H28N2O2/c1-12-8-5-6-9-14(12)13(2)21-17(22)19(20)15-10-7-11-23-16(15)18(19,3)4/h5-6,8-9,13,15-16H,7,10-11,20H2,1-4H3,(H,21,22). The molecule has 4 nitrogen and oxygen atoms in total. The number of nitrogens with one attached hydrogen (secondary N) is 1. The van der Waals surface area contributed by atoms with Crippen LogP contribution < -0.4 is 11.1 Å². The number of hydrogen-bond acceptors (Lipinski definition) is 3. The lowest BCUT2D eigenvalue weighted by Crippen LogP contribution is -2.82. The van der Waals surface area contributed by atoms with Crippen molar-refractivity contribution >= 4 is 5.91 Å². The van der Waals surface area contributed by atoms with Crippen LogP contribution in [0.15, 0.2) is 24.3 Å². The highest BCUT2D eigenvalue weighted by Gasteiger charge is 2.70. The van der Waals surface area contributed by atoms with E-state index < -0.39 is 5.54 Å². The number of carbonyl (C=O) groups is 1. The van der Waals surface area contributed by atoms with Crippen LogP contribution >= 0.6 is 0 Å². The second kappa shape index (κ2) is 5.60. The van der Waals surface area contributed by atoms with Gasteiger partial charge in [0, 0.05) is 17.9 Å². The van der Waals surface area contributed by atoms with Crippen LogP contribution in [0.1, 0.15) is 50.8 Å². The van der Waals surface area contributed by atoms with Crippen LogP contribution in [0.25, 0.3) is 0 Å². The molecule has 1 heterocycles. The first kappa shape index (κ1) is 16.5. The third kappa shape index (κ3) is 2.31. The lowest BCUT2D eigenvalue weighted by atomic mass is 9.46. The Morgan fingerprint density at radius 1 is 1.39 bits per heavy atom. The number of fused-ring (bicyclic) bond motifs is 1. The third-order valence-electron chi connectivity index (χ3n) is 6.06. The minimum atomic E-state index is -0.852. The zero-order valence-electron chi connectivity index (χ0n) is 14.6. The maximum Gasteiger partial charge on any atom is 0.241 e. The summed E-state index contributed by atoms with van der Waals surface area (Å²) in [5, 5.41) is 3.15. The predicted octanol–water partition coefficient (Wildman–Crippen LogP) is 2.70. The average Bonchev–Trinajstić information content (AvgIpc) is 2.54. The molecular weight excluding hydrogens is 288 g/mol. The van der Waals surface area contributed by atoms with Crippen LogP contribution in [0, 0.1) is 18.3 Å². The molecule has 1 aliphatic carbocycles. The van der Waals surface area contributed by atoms with Gasteiger partial charge < -0.3 is 15.8 Å². The summed E-state index contributed by atoms with van der Waals surface area (Å²) in [4.78, 5) is 13.0. The normalized spacial score (nSPS) is 33.3. The predicted molar refractivity (Wildman–Crippen MR) is 90.9 cm³/mol. The molecule has 3 rings (SSSR count). The van der Waals surface area contributed by atoms with Crippen LogP contribution in [0.5, 0.6) is 0 Å². The molecule has 0 aromatic heterocycles. The molecule has 2 aliphatic rings. The molecule has 4 unspecified atom stereocenters. The summed E-state index contributed by atoms with van der Waals surface area (Å²) in [7, 11) is 0. The topological polar surface area (TPSA) is 64.4 Å². The first-order chi connectivity index (χ1) is 10.8. The summed E-state index contributed by atoms with van der Waals surface area (Å²) < 4.78 is 5.89. The highest BCUT2D eigenvalue weighted by molar-refractivity contribution is 5.89. The number of aryl methyl sites for hydroxylation is 1. The fourth-order valence-corrected chi connectivity index (χ4v) is 4.50. The molecule has 1 aromatic carbocycles. The van der Waals surface area contributed by atoms with E-state index in [1.54, 1.807) is 0 Å². The molecule has 1 saturated carbocycles. The van der Waals surface area contributed by atoms with Gasteiger partial charge in [-0.05, 0) is 37.8 Å². The first-order valence-electron chi connectivity index (χ1n) is 8.57. The molecule has 0 radical (unpaired) electrons. The lowest BCUT2D eigenvalue weighted by Gasteiger charge is -2.65. The largest absolute Gasteiger partial charge is 0.377 e. The maximum atomic E-state index is 13.0. The van der Waals surface area contributed by atoms with Gasteiger partial charge in [-0.25, -0.2) is 0 Å². The number of ether oxygens (including phenoxy) is 1. The zero-order valence-corrected chi connectivity index (χ0v) is 14.6. The zero-order chi connectivity index (χ0) is 16.8. The van der Waals surface area contributed by atoms with Gasteiger partial charge >= 0.3 is 0 Å². The van der Waals surface area contributed by atoms with E-state index in [-0.39, 0.29) is 29.4 Å². The molecular formula is C19H28N2O2. The summed E-state index contributed by atoms with van der Waals surface area (Å²) in [6, 6.07) is 8.08. The molecule has 126 valence electrons. The Morgan fingerprint density at radius 3 is 2.78 bits per heavy atom. The van der Waals surface area contributed by atoms with Crippen molar-refractivity contribution in [3.8, 4) is 0 Å². The second-order valence-electron chi connectivity index (χ2n) is 7.68. The first-order valence-corrected chi connectivity index (χ1v) is 8.57. The number of benzene rings is 1. The Morgan fingerprint density at radius 2 is 2.09 bits per heavy atom. The van der Waals surface area contributed by atoms with E-state index >= 15 is 0 Å². The number of rotatable bonds is 3. The van der Waals surface area contributed by atoms with Gasteiger partial charge in [-0.1, -0.05) is 38.1 Å². The van der Waals surface area contributed by atoms with E-state index in [0.717, 1.165) is 25.0 Å². The molecule has 0 bridgehead atoms. The van der Waals surface area contributed by atoms with Crippen molar-refractivity contribution in [1.82, 2.24) is 5.32 Å². The molecule has 3 N–H and O–H groups in total. The summed E-state index contributed by atoms with van der Waals surface area (Å²) in [6.07, 6.45) is 2.05. The number of hydrogen-bond donors (Lipinski definition) is 2. The van der Waals surface area contributed by atoms with Crippen molar-refractivity contribution in [1.29, 1.82) is 0 Å². The quantitative estimate of drug-likeness (QED) is 0.901. The molecule has 4 atom stereocenters. The van der Waals surface area contributed by atoms with Gasteiger partial charge in [-0.2, -0.15) is 0 Å². The van der Waals surface area contributed by atoms with Gasteiger partial charge in [0.1, 0.15) is 5.54 Å². The number of nitrogens with two attached hydrogens (primary N) is 1. The van der Waals surface area contributed by atoms with E-state index in [1.807, 2.05) is 19.1 Å². The summed E-state index contributed by atoms with van der Waals surface area (Å²) in [5.74, 6) is 0.0697. The number of amides is 1. The molecule has 2 fully saturated rings. The maximum absolute atomic E-state index is 13.0. The van der Waals surface area contributed by atoms with E-state index in [4.69, 9.17) is 10.5 Å². The highest BCUT2D eigenvalue weighted by atomic mass is 16.5. The van der Waals surface area contributed by atoms with Crippen molar-refractivity contribution < 1.29 is 9.53 Å². The lowest BCUT2D eigenvalue weighted by molar-refractivity contribution is -0.225. The highest BCUT2D eigenvalue weighted by Crippen LogP contribution is 2.57. The van der Waals surface area contributed by atoms with Crippen molar-refractivity contribution in [2.75, 3.05) is 6.61 Å². The van der Waals surface area contributed by atoms with Crippen LogP contribution in [-0.4, -0.2) is 24.2 Å².